The molecule has 0 saturated heterocycles. The van der Waals surface area contributed by atoms with E-state index < -0.39 is 7.12 Å². The van der Waals surface area contributed by atoms with E-state index >= 15 is 0 Å². The van der Waals surface area contributed by atoms with Crippen molar-refractivity contribution in [1.82, 2.24) is 29.1 Å². The van der Waals surface area contributed by atoms with Gasteiger partial charge < -0.3 is 19.2 Å². The van der Waals surface area contributed by atoms with Crippen LogP contribution in [0, 0.1) is 13.8 Å². The average Bonchev–Trinajstić information content (AvgIpc) is 3.70. The minimum Gasteiger partial charge on any atom is -0.423 e. The molecule has 8 nitrogen and oxygen atoms in total. The molecule has 10 heteroatoms. The second-order valence-corrected chi connectivity index (χ2v) is 12.4. The molecule has 4 aromatic heterocycles. The molecule has 4 heterocycles. The van der Waals surface area contributed by atoms with Crippen molar-refractivity contribution in [3.05, 3.63) is 150 Å². The molecule has 0 spiro atoms. The highest BCUT2D eigenvalue weighted by atomic mass is 35.5. The zero-order valence-electron chi connectivity index (χ0n) is 28.2. The van der Waals surface area contributed by atoms with E-state index in [1.165, 1.54) is 11.1 Å². The maximum Gasteiger partial charge on any atom is 0.488 e. The van der Waals surface area contributed by atoms with Crippen molar-refractivity contribution >= 4 is 46.2 Å². The fraction of sp³-hybridized carbons (Fsp3) is 0.100. The summed E-state index contributed by atoms with van der Waals surface area (Å²) in [5.74, 6) is 0. The topological polar surface area (TPSA) is 102 Å². The number of imidazole rings is 2. The molecule has 4 aromatic carbocycles. The first-order valence-corrected chi connectivity index (χ1v) is 16.4. The zero-order chi connectivity index (χ0) is 35.2. The number of pyridine rings is 2. The van der Waals surface area contributed by atoms with Crippen molar-refractivity contribution in [1.29, 1.82) is 0 Å². The summed E-state index contributed by atoms with van der Waals surface area (Å²) >= 11 is 6.05. The summed E-state index contributed by atoms with van der Waals surface area (Å²) < 4.78 is 3.88. The van der Waals surface area contributed by atoms with Gasteiger partial charge in [0.2, 0.25) is 0 Å². The molecular formula is C40H36BClN6O2. The number of halogens is 1. The first kappa shape index (κ1) is 34.3. The van der Waals surface area contributed by atoms with Crippen LogP contribution in [0.3, 0.4) is 0 Å². The third-order valence-electron chi connectivity index (χ3n) is 8.23. The molecule has 50 heavy (non-hydrogen) atoms. The molecule has 248 valence electrons. The standard InChI is InChI=1S/C20H17N3.C12H10ClN.C8H9BN2O2/c1-14-5-3-6-16(11-14)20-17(7-4-10-21-20)15-8-9-18-19(12-15)23(2)13-22-18;1-9-4-2-5-10(8-9)12-11(13)6-3-7-14-12;1-11-5-10-7-3-2-6(9(12)13)4-8(7)11/h3-13H,1-2H3;2-8H,1H3;2-5,12-13H,1H3. The van der Waals surface area contributed by atoms with Crippen LogP contribution >= 0.6 is 11.6 Å². The first-order valence-electron chi connectivity index (χ1n) is 16.1. The van der Waals surface area contributed by atoms with Crippen molar-refractivity contribution < 1.29 is 10.0 Å². The molecular weight excluding hydrogens is 643 g/mol. The number of nitrogens with zero attached hydrogens (tertiary/aromatic N) is 6. The minimum absolute atomic E-state index is 0.483. The van der Waals surface area contributed by atoms with Crippen molar-refractivity contribution in [3.63, 3.8) is 0 Å². The Labute approximate surface area is 296 Å². The number of benzene rings is 4. The Morgan fingerprint density at radius 3 is 1.72 bits per heavy atom. The van der Waals surface area contributed by atoms with Gasteiger partial charge in [-0.1, -0.05) is 77.3 Å². The van der Waals surface area contributed by atoms with Crippen LogP contribution in [0.15, 0.2) is 134 Å². The highest BCUT2D eigenvalue weighted by Gasteiger charge is 2.12. The number of aromatic nitrogens is 6. The van der Waals surface area contributed by atoms with Crippen LogP contribution in [0.25, 0.3) is 55.7 Å². The van der Waals surface area contributed by atoms with Gasteiger partial charge in [-0.15, -0.1) is 0 Å². The minimum atomic E-state index is -1.42. The van der Waals surface area contributed by atoms with Gasteiger partial charge in [0.05, 0.1) is 51.1 Å². The van der Waals surface area contributed by atoms with Crippen LogP contribution in [0.4, 0.5) is 0 Å². The summed E-state index contributed by atoms with van der Waals surface area (Å²) in [5.41, 5.74) is 13.2. The average molecular weight is 679 g/mol. The van der Waals surface area contributed by atoms with Gasteiger partial charge >= 0.3 is 7.12 Å². The van der Waals surface area contributed by atoms with Crippen molar-refractivity contribution in [2.45, 2.75) is 13.8 Å². The lowest BCUT2D eigenvalue weighted by atomic mass is 9.80. The van der Waals surface area contributed by atoms with Gasteiger partial charge in [0.1, 0.15) is 0 Å². The Hall–Kier alpha value is -5.61. The van der Waals surface area contributed by atoms with Crippen molar-refractivity contribution in [2.24, 2.45) is 14.1 Å². The van der Waals surface area contributed by atoms with Crippen LogP contribution in [0.1, 0.15) is 11.1 Å². The Balaban J connectivity index is 0.000000138. The fourth-order valence-corrected chi connectivity index (χ4v) is 5.88. The van der Waals surface area contributed by atoms with Crippen LogP contribution in [0.2, 0.25) is 5.02 Å². The molecule has 0 aliphatic heterocycles. The van der Waals surface area contributed by atoms with Gasteiger partial charge in [-0.25, -0.2) is 9.97 Å². The maximum atomic E-state index is 8.94. The van der Waals surface area contributed by atoms with Crippen molar-refractivity contribution in [2.75, 3.05) is 0 Å². The molecule has 8 aromatic rings. The lowest BCUT2D eigenvalue weighted by Crippen LogP contribution is -2.29. The smallest absolute Gasteiger partial charge is 0.423 e. The van der Waals surface area contributed by atoms with Crippen LogP contribution in [-0.4, -0.2) is 46.2 Å². The van der Waals surface area contributed by atoms with E-state index in [1.807, 2.05) is 66.1 Å². The normalized spacial score (nSPS) is 10.7. The lowest BCUT2D eigenvalue weighted by molar-refractivity contribution is 0.426. The summed E-state index contributed by atoms with van der Waals surface area (Å²) in [6.07, 6.45) is 7.14. The van der Waals surface area contributed by atoms with Crippen LogP contribution in [-0.2, 0) is 14.1 Å². The van der Waals surface area contributed by atoms with Gasteiger partial charge in [-0.05, 0) is 79.5 Å². The summed E-state index contributed by atoms with van der Waals surface area (Å²) in [6, 6.07) is 35.9. The van der Waals surface area contributed by atoms with Gasteiger partial charge in [0, 0.05) is 43.2 Å². The molecule has 0 saturated carbocycles. The number of hydrogen-bond donors (Lipinski definition) is 2. The Kier molecular flexibility index (Phi) is 10.5. The number of fused-ring (bicyclic) bond motifs is 2. The van der Waals surface area contributed by atoms with Gasteiger partial charge in [0.25, 0.3) is 0 Å². The molecule has 0 radical (unpaired) electrons. The Morgan fingerprint density at radius 2 is 1.12 bits per heavy atom. The summed E-state index contributed by atoms with van der Waals surface area (Å²) in [6.45, 7) is 4.16. The molecule has 0 unspecified atom stereocenters. The third-order valence-corrected chi connectivity index (χ3v) is 8.54. The summed E-state index contributed by atoms with van der Waals surface area (Å²) in [5, 5.41) is 18.6. The number of rotatable bonds is 4. The third kappa shape index (κ3) is 7.82. The van der Waals surface area contributed by atoms with Gasteiger partial charge in [0.15, 0.2) is 0 Å². The van der Waals surface area contributed by atoms with E-state index in [1.54, 1.807) is 30.7 Å². The first-order chi connectivity index (χ1) is 24.2. The van der Waals surface area contributed by atoms with Crippen LogP contribution in [0.5, 0.6) is 0 Å². The largest absolute Gasteiger partial charge is 0.488 e. The predicted octanol–water partition coefficient (Wildman–Crippen LogP) is 7.57. The Morgan fingerprint density at radius 1 is 0.560 bits per heavy atom. The van der Waals surface area contributed by atoms with E-state index in [4.69, 9.17) is 21.6 Å². The van der Waals surface area contributed by atoms with Crippen molar-refractivity contribution in [3.8, 4) is 33.6 Å². The quantitative estimate of drug-likeness (QED) is 0.186. The van der Waals surface area contributed by atoms with Crippen LogP contribution < -0.4 is 5.46 Å². The summed E-state index contributed by atoms with van der Waals surface area (Å²) in [7, 11) is 2.46. The number of aryl methyl sites for hydroxylation is 4. The SMILES string of the molecule is Cc1cccc(-c2ncccc2-c2ccc3ncn(C)c3c2)c1.Cc1cccc(-c2ncccc2Cl)c1.Cn1cnc2ccc(B(O)O)cc21. The molecule has 2 N–H and O–H groups in total. The summed E-state index contributed by atoms with van der Waals surface area (Å²) in [4.78, 5) is 17.4. The molecule has 0 aliphatic carbocycles. The fourth-order valence-electron chi connectivity index (χ4n) is 5.65. The predicted molar refractivity (Wildman–Crippen MR) is 204 cm³/mol. The van der Waals surface area contributed by atoms with E-state index in [0.29, 0.717) is 10.5 Å². The second kappa shape index (κ2) is 15.3. The van der Waals surface area contributed by atoms with E-state index in [2.05, 4.69) is 94.4 Å². The molecule has 0 atom stereocenters. The van der Waals surface area contributed by atoms with Gasteiger partial charge in [-0.3, -0.25) is 9.97 Å². The molecule has 0 amide bonds. The molecule has 0 aliphatic rings. The second-order valence-electron chi connectivity index (χ2n) is 12.0. The van der Waals surface area contributed by atoms with E-state index in [9.17, 15) is 0 Å². The lowest BCUT2D eigenvalue weighted by Gasteiger charge is -2.10. The highest BCUT2D eigenvalue weighted by molar-refractivity contribution is 6.58. The van der Waals surface area contributed by atoms with E-state index in [0.717, 1.165) is 55.7 Å². The number of hydrogen-bond acceptors (Lipinski definition) is 6. The molecule has 0 bridgehead atoms. The maximum absolute atomic E-state index is 8.94. The highest BCUT2D eigenvalue weighted by Crippen LogP contribution is 2.32. The zero-order valence-corrected chi connectivity index (χ0v) is 29.0. The monoisotopic (exact) mass is 678 g/mol. The molecule has 0 fully saturated rings. The molecule has 8 rings (SSSR count). The Bertz CT molecular complexity index is 2400. The van der Waals surface area contributed by atoms with Gasteiger partial charge in [-0.2, -0.15) is 0 Å². The van der Waals surface area contributed by atoms with E-state index in [-0.39, 0.29) is 0 Å².